The minimum atomic E-state index is -0.0156. The molecular weight excluding hydrogens is 312 g/mol. The van der Waals surface area contributed by atoms with Gasteiger partial charge >= 0.3 is 6.03 Å². The van der Waals surface area contributed by atoms with Crippen LogP contribution >= 0.6 is 0 Å². The van der Waals surface area contributed by atoms with Crippen LogP contribution in [0.5, 0.6) is 5.75 Å². The van der Waals surface area contributed by atoms with Crippen molar-refractivity contribution in [1.82, 2.24) is 10.2 Å². The van der Waals surface area contributed by atoms with E-state index < -0.39 is 0 Å². The summed E-state index contributed by atoms with van der Waals surface area (Å²) in [4.78, 5) is 15.1. The molecule has 2 aliphatic carbocycles. The number of urea groups is 1. The van der Waals surface area contributed by atoms with Crippen LogP contribution in [0.2, 0.25) is 0 Å². The second kappa shape index (κ2) is 8.59. The van der Waals surface area contributed by atoms with Gasteiger partial charge in [0.1, 0.15) is 5.75 Å². The Morgan fingerprint density at radius 3 is 2.68 bits per heavy atom. The summed E-state index contributed by atoms with van der Waals surface area (Å²) in [5, 5.41) is 3.23. The highest BCUT2D eigenvalue weighted by Crippen LogP contribution is 2.33. The van der Waals surface area contributed by atoms with E-state index in [1.165, 1.54) is 32.1 Å². The van der Waals surface area contributed by atoms with E-state index in [0.717, 1.165) is 36.6 Å². The molecule has 0 aliphatic heterocycles. The van der Waals surface area contributed by atoms with E-state index >= 15 is 0 Å². The van der Waals surface area contributed by atoms with Gasteiger partial charge in [-0.3, -0.25) is 0 Å². The van der Waals surface area contributed by atoms with Crippen molar-refractivity contribution in [2.24, 2.45) is 5.92 Å². The van der Waals surface area contributed by atoms with Crippen LogP contribution in [0.25, 0.3) is 0 Å². The molecule has 1 N–H and O–H groups in total. The summed E-state index contributed by atoms with van der Waals surface area (Å²) in [6.07, 6.45) is 8.71. The van der Waals surface area contributed by atoms with E-state index in [4.69, 9.17) is 4.74 Å². The van der Waals surface area contributed by atoms with Gasteiger partial charge in [-0.05, 0) is 63.1 Å². The van der Waals surface area contributed by atoms with Crippen molar-refractivity contribution in [2.45, 2.75) is 70.9 Å². The Morgan fingerprint density at radius 2 is 2.00 bits per heavy atom. The topological polar surface area (TPSA) is 41.6 Å². The number of ether oxygens (including phenoxy) is 1. The predicted octanol–water partition coefficient (Wildman–Crippen LogP) is 4.90. The van der Waals surface area contributed by atoms with Crippen molar-refractivity contribution in [1.29, 1.82) is 0 Å². The van der Waals surface area contributed by atoms with E-state index in [1.54, 1.807) is 0 Å². The van der Waals surface area contributed by atoms with Crippen LogP contribution in [0.15, 0.2) is 24.3 Å². The zero-order valence-electron chi connectivity index (χ0n) is 15.7. The van der Waals surface area contributed by atoms with Crippen LogP contribution < -0.4 is 10.1 Å². The molecule has 3 rings (SSSR count). The normalized spacial score (nSPS) is 19.3. The third kappa shape index (κ3) is 5.13. The molecule has 1 aromatic rings. The number of hydrogen-bond donors (Lipinski definition) is 1. The molecule has 2 fully saturated rings. The molecule has 25 heavy (non-hydrogen) atoms. The second-order valence-electron chi connectivity index (χ2n) is 7.56. The van der Waals surface area contributed by atoms with E-state index in [9.17, 15) is 4.79 Å². The molecule has 2 saturated carbocycles. The third-order valence-electron chi connectivity index (χ3n) is 5.44. The maximum absolute atomic E-state index is 13.0. The van der Waals surface area contributed by atoms with Crippen LogP contribution in [0.4, 0.5) is 4.79 Å². The van der Waals surface area contributed by atoms with Gasteiger partial charge < -0.3 is 15.0 Å². The van der Waals surface area contributed by atoms with Crippen molar-refractivity contribution in [3.63, 3.8) is 0 Å². The van der Waals surface area contributed by atoms with Gasteiger partial charge in [0.2, 0.25) is 0 Å². The first-order valence-electron chi connectivity index (χ1n) is 9.97. The molecule has 4 heteroatoms. The van der Waals surface area contributed by atoms with Crippen LogP contribution in [0.1, 0.15) is 70.4 Å². The molecule has 0 spiro atoms. The Labute approximate surface area is 151 Å². The van der Waals surface area contributed by atoms with Crippen LogP contribution in [-0.4, -0.2) is 30.1 Å². The first-order valence-corrected chi connectivity index (χ1v) is 9.97. The van der Waals surface area contributed by atoms with Crippen LogP contribution in [0.3, 0.4) is 0 Å². The Kier molecular flexibility index (Phi) is 6.22. The standard InChI is InChI=1S/C21H32N2O2/c1-3-25-20-11-7-8-18(14-20)16(2)22-21(24)23(15-17-12-13-17)19-9-5-4-6-10-19/h7-8,11,14,16-17,19H,3-6,9-10,12-13,15H2,1-2H3,(H,22,24). The van der Waals surface area contributed by atoms with Gasteiger partial charge in [-0.1, -0.05) is 31.4 Å². The fourth-order valence-corrected chi connectivity index (χ4v) is 3.76. The monoisotopic (exact) mass is 344 g/mol. The average Bonchev–Trinajstić information content (AvgIpc) is 3.45. The smallest absolute Gasteiger partial charge is 0.318 e. The van der Waals surface area contributed by atoms with Crippen molar-refractivity contribution < 1.29 is 9.53 Å². The number of nitrogens with one attached hydrogen (secondary N) is 1. The predicted molar refractivity (Wildman–Crippen MR) is 101 cm³/mol. The summed E-state index contributed by atoms with van der Waals surface area (Å²) >= 11 is 0. The van der Waals surface area contributed by atoms with Crippen LogP contribution in [0, 0.1) is 5.92 Å². The number of hydrogen-bond acceptors (Lipinski definition) is 2. The minimum absolute atomic E-state index is 0.0156. The zero-order chi connectivity index (χ0) is 17.6. The Bertz CT molecular complexity index is 565. The number of nitrogens with zero attached hydrogens (tertiary/aromatic N) is 1. The lowest BCUT2D eigenvalue weighted by Crippen LogP contribution is -2.48. The highest BCUT2D eigenvalue weighted by molar-refractivity contribution is 5.75. The first kappa shape index (κ1) is 18.1. The largest absolute Gasteiger partial charge is 0.494 e. The Balaban J connectivity index is 1.63. The SMILES string of the molecule is CCOc1cccc(C(C)NC(=O)N(CC2CC2)C2CCCCC2)c1. The van der Waals surface area contributed by atoms with Gasteiger partial charge in [0, 0.05) is 12.6 Å². The zero-order valence-corrected chi connectivity index (χ0v) is 15.7. The van der Waals surface area contributed by atoms with Gasteiger partial charge in [-0.2, -0.15) is 0 Å². The second-order valence-corrected chi connectivity index (χ2v) is 7.56. The van der Waals surface area contributed by atoms with E-state index in [0.29, 0.717) is 12.6 Å². The van der Waals surface area contributed by atoms with Crippen LogP contribution in [-0.2, 0) is 0 Å². The first-order chi connectivity index (χ1) is 12.2. The lowest BCUT2D eigenvalue weighted by atomic mass is 9.94. The maximum atomic E-state index is 13.0. The summed E-state index contributed by atoms with van der Waals surface area (Å²) in [7, 11) is 0. The number of rotatable bonds is 7. The van der Waals surface area contributed by atoms with Crippen molar-refractivity contribution in [3.8, 4) is 5.75 Å². The van der Waals surface area contributed by atoms with E-state index in [-0.39, 0.29) is 12.1 Å². The van der Waals surface area contributed by atoms with Crippen molar-refractivity contribution in [2.75, 3.05) is 13.2 Å². The number of carbonyl (C=O) groups excluding carboxylic acids is 1. The number of amides is 2. The molecule has 0 radical (unpaired) electrons. The molecule has 0 heterocycles. The molecule has 0 bridgehead atoms. The summed E-state index contributed by atoms with van der Waals surface area (Å²) in [5.41, 5.74) is 1.09. The molecular formula is C21H32N2O2. The van der Waals surface area contributed by atoms with E-state index in [1.807, 2.05) is 25.1 Å². The average molecular weight is 344 g/mol. The summed E-state index contributed by atoms with van der Waals surface area (Å²) in [6, 6.07) is 8.55. The summed E-state index contributed by atoms with van der Waals surface area (Å²) in [5.74, 6) is 1.59. The summed E-state index contributed by atoms with van der Waals surface area (Å²) in [6.45, 7) is 5.63. The Hall–Kier alpha value is -1.71. The number of carbonyl (C=O) groups is 1. The van der Waals surface area contributed by atoms with Gasteiger partial charge in [0.15, 0.2) is 0 Å². The molecule has 1 unspecified atom stereocenters. The molecule has 1 atom stereocenters. The fraction of sp³-hybridized carbons (Fsp3) is 0.667. The highest BCUT2D eigenvalue weighted by atomic mass is 16.5. The van der Waals surface area contributed by atoms with Gasteiger partial charge in [0.25, 0.3) is 0 Å². The molecule has 0 aromatic heterocycles. The third-order valence-corrected chi connectivity index (χ3v) is 5.44. The number of benzene rings is 1. The molecule has 0 saturated heterocycles. The van der Waals surface area contributed by atoms with Crippen molar-refractivity contribution >= 4 is 6.03 Å². The van der Waals surface area contributed by atoms with Gasteiger partial charge in [0.05, 0.1) is 12.6 Å². The summed E-state index contributed by atoms with van der Waals surface area (Å²) < 4.78 is 5.58. The molecule has 138 valence electrons. The molecule has 4 nitrogen and oxygen atoms in total. The molecule has 2 amide bonds. The minimum Gasteiger partial charge on any atom is -0.494 e. The van der Waals surface area contributed by atoms with Gasteiger partial charge in [-0.25, -0.2) is 4.79 Å². The molecule has 1 aromatic carbocycles. The quantitative estimate of drug-likeness (QED) is 0.764. The maximum Gasteiger partial charge on any atom is 0.318 e. The Morgan fingerprint density at radius 1 is 1.24 bits per heavy atom. The molecule has 2 aliphatic rings. The lowest BCUT2D eigenvalue weighted by molar-refractivity contribution is 0.149. The fourth-order valence-electron chi connectivity index (χ4n) is 3.76. The van der Waals surface area contributed by atoms with Crippen molar-refractivity contribution in [3.05, 3.63) is 29.8 Å². The highest BCUT2D eigenvalue weighted by Gasteiger charge is 2.32. The van der Waals surface area contributed by atoms with Gasteiger partial charge in [-0.15, -0.1) is 0 Å². The van der Waals surface area contributed by atoms with E-state index in [2.05, 4.69) is 23.2 Å². The lowest BCUT2D eigenvalue weighted by Gasteiger charge is -2.35.